The molecule has 1 aromatic carbocycles. The van der Waals surface area contributed by atoms with E-state index in [1.54, 1.807) is 24.3 Å². The summed E-state index contributed by atoms with van der Waals surface area (Å²) in [5.41, 5.74) is 1.00. The van der Waals surface area contributed by atoms with E-state index >= 15 is 0 Å². The first-order valence-corrected chi connectivity index (χ1v) is 6.94. The molecule has 0 aliphatic carbocycles. The minimum absolute atomic E-state index is 0.223. The maximum absolute atomic E-state index is 12.2. The number of rotatable bonds is 3. The van der Waals surface area contributed by atoms with Crippen molar-refractivity contribution in [3.63, 3.8) is 0 Å². The molecule has 90 valence electrons. The molecule has 0 fully saturated rings. The Hall–Kier alpha value is -1.54. The molecule has 17 heavy (non-hydrogen) atoms. The quantitative estimate of drug-likeness (QED) is 0.833. The second-order valence-corrected chi connectivity index (χ2v) is 6.11. The van der Waals surface area contributed by atoms with Crippen LogP contribution in [0.1, 0.15) is 5.56 Å². The highest BCUT2D eigenvalue weighted by Crippen LogP contribution is 2.21. The predicted molar refractivity (Wildman–Crippen MR) is 64.5 cm³/mol. The molecule has 2 aromatic rings. The zero-order valence-corrected chi connectivity index (χ0v) is 10.9. The Labute approximate surface area is 103 Å². The first-order valence-electron chi connectivity index (χ1n) is 4.72. The van der Waals surface area contributed by atoms with Gasteiger partial charge in [0.15, 0.2) is 0 Å². The van der Waals surface area contributed by atoms with Crippen LogP contribution in [0.4, 0.5) is 5.13 Å². The van der Waals surface area contributed by atoms with E-state index in [0.717, 1.165) is 21.4 Å². The van der Waals surface area contributed by atoms with Crippen molar-refractivity contribution >= 4 is 26.7 Å². The van der Waals surface area contributed by atoms with Gasteiger partial charge in [-0.2, -0.15) is 0 Å². The average Bonchev–Trinajstić information content (AvgIpc) is 2.82. The van der Waals surface area contributed by atoms with Crippen molar-refractivity contribution in [1.82, 2.24) is 14.8 Å². The summed E-state index contributed by atoms with van der Waals surface area (Å²) in [6.45, 7) is 1.90. The van der Waals surface area contributed by atoms with Crippen LogP contribution < -0.4 is 4.31 Å². The third-order valence-electron chi connectivity index (χ3n) is 2.24. The first kappa shape index (κ1) is 11.9. The average molecular weight is 270 g/mol. The molecule has 0 N–H and O–H groups in total. The lowest BCUT2D eigenvalue weighted by Gasteiger charge is -2.15. The van der Waals surface area contributed by atoms with Gasteiger partial charge >= 0.3 is 0 Å². The summed E-state index contributed by atoms with van der Waals surface area (Å²) in [6.07, 6.45) is 0. The minimum Gasteiger partial charge on any atom is -0.242 e. The number of nitrogens with zero attached hydrogens (tertiary/aromatic N) is 4. The van der Waals surface area contributed by atoms with Crippen molar-refractivity contribution in [3.05, 3.63) is 29.8 Å². The van der Waals surface area contributed by atoms with Crippen molar-refractivity contribution in [2.75, 3.05) is 11.4 Å². The van der Waals surface area contributed by atoms with Crippen molar-refractivity contribution in [2.45, 2.75) is 11.8 Å². The zero-order chi connectivity index (χ0) is 12.5. The molecule has 1 aromatic heterocycles. The maximum atomic E-state index is 12.2. The molecule has 0 aliphatic heterocycles. The molecule has 0 atom stereocenters. The lowest BCUT2D eigenvalue weighted by Crippen LogP contribution is -2.26. The Morgan fingerprint density at radius 1 is 1.24 bits per heavy atom. The number of anilines is 1. The molecule has 0 unspecified atom stereocenters. The zero-order valence-electron chi connectivity index (χ0n) is 9.23. The summed E-state index contributed by atoms with van der Waals surface area (Å²) in [4.78, 5) is 0.223. The Kier molecular flexibility index (Phi) is 3.07. The molecule has 6 nitrogen and oxygen atoms in total. The molecule has 0 aliphatic rings. The maximum Gasteiger partial charge on any atom is 0.265 e. The third kappa shape index (κ3) is 2.27. The summed E-state index contributed by atoms with van der Waals surface area (Å²) in [5, 5.41) is 7.25. The van der Waals surface area contributed by atoms with E-state index in [-0.39, 0.29) is 10.0 Å². The summed E-state index contributed by atoms with van der Waals surface area (Å²) in [5.74, 6) is 0. The van der Waals surface area contributed by atoms with Gasteiger partial charge in [0, 0.05) is 18.6 Å². The van der Waals surface area contributed by atoms with Crippen LogP contribution in [0.5, 0.6) is 0 Å². The molecule has 8 heteroatoms. The van der Waals surface area contributed by atoms with Gasteiger partial charge in [0.2, 0.25) is 5.13 Å². The monoisotopic (exact) mass is 270 g/mol. The molecule has 0 bridgehead atoms. The highest BCUT2D eigenvalue weighted by Gasteiger charge is 2.23. The largest absolute Gasteiger partial charge is 0.265 e. The molecule has 0 saturated heterocycles. The van der Waals surface area contributed by atoms with Crippen LogP contribution in [0.2, 0.25) is 0 Å². The number of benzene rings is 1. The molecule has 0 radical (unpaired) electrons. The number of hydrogen-bond donors (Lipinski definition) is 0. The van der Waals surface area contributed by atoms with E-state index in [9.17, 15) is 8.42 Å². The van der Waals surface area contributed by atoms with E-state index in [1.807, 2.05) is 6.92 Å². The topological polar surface area (TPSA) is 76.1 Å². The van der Waals surface area contributed by atoms with E-state index in [1.165, 1.54) is 7.05 Å². The van der Waals surface area contributed by atoms with Crippen LogP contribution in [0.3, 0.4) is 0 Å². The van der Waals surface area contributed by atoms with Crippen molar-refractivity contribution in [2.24, 2.45) is 0 Å². The number of aryl methyl sites for hydroxylation is 1. The van der Waals surface area contributed by atoms with Crippen LogP contribution in [-0.2, 0) is 10.0 Å². The highest BCUT2D eigenvalue weighted by atomic mass is 32.2. The van der Waals surface area contributed by atoms with Gasteiger partial charge in [0.25, 0.3) is 10.0 Å². The smallest absolute Gasteiger partial charge is 0.242 e. The molecule has 0 saturated carbocycles. The summed E-state index contributed by atoms with van der Waals surface area (Å²) in [6, 6.07) is 6.63. The molecule has 0 amide bonds. The van der Waals surface area contributed by atoms with Gasteiger partial charge in [-0.1, -0.05) is 27.3 Å². The predicted octanol–water partition coefficient (Wildman–Crippen LogP) is 1.07. The number of aromatic nitrogens is 3. The van der Waals surface area contributed by atoms with E-state index < -0.39 is 10.0 Å². The SMILES string of the molecule is Cc1ccc(S(=O)(=O)N(C)c2nnns2)cc1. The van der Waals surface area contributed by atoms with Gasteiger partial charge in [-0.15, -0.1) is 0 Å². The van der Waals surface area contributed by atoms with Crippen LogP contribution in [0.25, 0.3) is 0 Å². The fraction of sp³-hybridized carbons (Fsp3) is 0.222. The second-order valence-electron chi connectivity index (χ2n) is 3.43. The Balaban J connectivity index is 2.40. The van der Waals surface area contributed by atoms with Crippen molar-refractivity contribution in [1.29, 1.82) is 0 Å². The lowest BCUT2D eigenvalue weighted by molar-refractivity contribution is 0.594. The molecular formula is C9H10N4O2S2. The van der Waals surface area contributed by atoms with Gasteiger partial charge in [0.05, 0.1) is 4.90 Å². The Morgan fingerprint density at radius 2 is 1.88 bits per heavy atom. The standard InChI is InChI=1S/C9H10N4O2S2/c1-7-3-5-8(6-4-7)17(14,15)13(2)9-10-11-12-16-9/h3-6H,1-2H3. The van der Waals surface area contributed by atoms with Crippen LogP contribution >= 0.6 is 11.5 Å². The van der Waals surface area contributed by atoms with Gasteiger partial charge < -0.3 is 0 Å². The molecule has 2 rings (SSSR count). The van der Waals surface area contributed by atoms with Crippen LogP contribution in [-0.4, -0.2) is 30.3 Å². The fourth-order valence-corrected chi connectivity index (χ4v) is 2.99. The molecular weight excluding hydrogens is 260 g/mol. The summed E-state index contributed by atoms with van der Waals surface area (Å²) < 4.78 is 29.0. The lowest BCUT2D eigenvalue weighted by atomic mass is 10.2. The number of hydrogen-bond acceptors (Lipinski definition) is 6. The highest BCUT2D eigenvalue weighted by molar-refractivity contribution is 7.93. The van der Waals surface area contributed by atoms with Crippen molar-refractivity contribution in [3.8, 4) is 0 Å². The molecule has 0 spiro atoms. The number of sulfonamides is 1. The van der Waals surface area contributed by atoms with Crippen LogP contribution in [0, 0.1) is 6.92 Å². The van der Waals surface area contributed by atoms with Crippen molar-refractivity contribution < 1.29 is 8.42 Å². The summed E-state index contributed by atoms with van der Waals surface area (Å²) >= 11 is 0.930. The van der Waals surface area contributed by atoms with Gasteiger partial charge in [0.1, 0.15) is 0 Å². The van der Waals surface area contributed by atoms with Gasteiger partial charge in [-0.05, 0) is 24.3 Å². The minimum atomic E-state index is -3.58. The second kappa shape index (κ2) is 4.38. The fourth-order valence-electron chi connectivity index (χ4n) is 1.22. The summed E-state index contributed by atoms with van der Waals surface area (Å²) in [7, 11) is -2.15. The Morgan fingerprint density at radius 3 is 2.41 bits per heavy atom. The van der Waals surface area contributed by atoms with Gasteiger partial charge in [-0.25, -0.2) is 12.7 Å². The Bertz CT molecular complexity index is 592. The van der Waals surface area contributed by atoms with Gasteiger partial charge in [-0.3, -0.25) is 0 Å². The third-order valence-corrected chi connectivity index (χ3v) is 4.79. The van der Waals surface area contributed by atoms with E-state index in [2.05, 4.69) is 14.8 Å². The normalized spacial score (nSPS) is 11.4. The van der Waals surface area contributed by atoms with E-state index in [4.69, 9.17) is 0 Å². The first-order chi connectivity index (χ1) is 8.01. The molecule has 1 heterocycles. The van der Waals surface area contributed by atoms with E-state index in [0.29, 0.717) is 0 Å². The van der Waals surface area contributed by atoms with Crippen LogP contribution in [0.15, 0.2) is 29.2 Å².